The third-order valence-corrected chi connectivity index (χ3v) is 6.34. The van der Waals surface area contributed by atoms with E-state index in [-0.39, 0.29) is 75.7 Å². The summed E-state index contributed by atoms with van der Waals surface area (Å²) >= 11 is 0. The molecule has 2 aliphatic rings. The minimum Gasteiger partial charge on any atom is -0.543 e. The maximum absolute atomic E-state index is 12.6. The summed E-state index contributed by atoms with van der Waals surface area (Å²) in [6.07, 6.45) is -0.595. The number of aliphatic hydroxyl groups excluding tert-OH is 2. The van der Waals surface area contributed by atoms with Crippen LogP contribution in [0.2, 0.25) is 0 Å². The number of hydrogen-bond donors (Lipinski definition) is 3. The third-order valence-electron chi connectivity index (χ3n) is 6.34. The van der Waals surface area contributed by atoms with E-state index in [1.54, 1.807) is 36.4 Å². The summed E-state index contributed by atoms with van der Waals surface area (Å²) in [4.78, 5) is 40.9. The van der Waals surface area contributed by atoms with Crippen molar-refractivity contribution in [2.24, 2.45) is 5.92 Å². The van der Waals surface area contributed by atoms with Gasteiger partial charge in [-0.3, -0.25) is 9.59 Å². The first kappa shape index (κ1) is 23.3. The molecule has 1 saturated heterocycles. The van der Waals surface area contributed by atoms with Gasteiger partial charge in [-0.15, -0.1) is 0 Å². The number of carboxylic acids is 1. The molecule has 3 aromatic rings. The average Bonchev–Trinajstić information content (AvgIpc) is 3.08. The number of aromatic amines is 1. The molecule has 8 nitrogen and oxygen atoms in total. The monoisotopic (exact) mass is 458 g/mol. The number of aliphatic carboxylic acids is 1. The predicted octanol–water partition coefficient (Wildman–Crippen LogP) is -2.75. The molecule has 0 radical (unpaired) electrons. The zero-order chi connectivity index (χ0) is 22.0. The van der Waals surface area contributed by atoms with E-state index >= 15 is 0 Å². The van der Waals surface area contributed by atoms with Gasteiger partial charge in [0.25, 0.3) is 5.56 Å². The van der Waals surface area contributed by atoms with Crippen LogP contribution in [0.25, 0.3) is 27.2 Å². The molecule has 1 amide bonds. The van der Waals surface area contributed by atoms with Gasteiger partial charge in [-0.25, -0.2) is 0 Å². The molecule has 1 fully saturated rings. The van der Waals surface area contributed by atoms with Crippen LogP contribution in [0.5, 0.6) is 0 Å². The van der Waals surface area contributed by atoms with E-state index in [4.69, 9.17) is 0 Å². The van der Waals surface area contributed by atoms with E-state index < -0.39 is 29.9 Å². The van der Waals surface area contributed by atoms with Gasteiger partial charge in [0, 0.05) is 16.3 Å². The second-order valence-electron chi connectivity index (χ2n) is 8.11. The van der Waals surface area contributed by atoms with Gasteiger partial charge in [-0.2, -0.15) is 0 Å². The molecule has 0 spiro atoms. The molecule has 32 heavy (non-hydrogen) atoms. The van der Waals surface area contributed by atoms with Crippen LogP contribution < -0.4 is 62.1 Å². The molecule has 9 heteroatoms. The number of aromatic nitrogens is 1. The van der Waals surface area contributed by atoms with Crippen molar-refractivity contribution >= 4 is 39.1 Å². The maximum atomic E-state index is 12.6. The molecular weight excluding hydrogens is 439 g/mol. The second kappa shape index (κ2) is 8.49. The van der Waals surface area contributed by atoms with Crippen molar-refractivity contribution in [1.29, 1.82) is 0 Å². The Labute approximate surface area is 225 Å². The van der Waals surface area contributed by atoms with Gasteiger partial charge < -0.3 is 30.0 Å². The number of carboxylic acid groups (broad SMARTS) is 1. The topological polar surface area (TPSA) is 134 Å². The van der Waals surface area contributed by atoms with E-state index in [0.717, 1.165) is 5.39 Å². The standard InChI is InChI=1S/C23H20N2O6.K/c1-10(27)19-18-8-15(20(23(30)31)25(18)22(19)29)12-3-5-14-16(7-12)13-4-2-11(9-26)6-17(13)24-21(14)28;/h2-7,10,18-19,26-27H,8-9H2,1H3,(H,24,28)(H,30,31);/q;+1/p-1/t10-,18-,19-;/m1./s1. The van der Waals surface area contributed by atoms with Crippen molar-refractivity contribution < 1.29 is 76.3 Å². The van der Waals surface area contributed by atoms with Crippen LogP contribution in [-0.2, 0) is 16.2 Å². The van der Waals surface area contributed by atoms with E-state index in [1.165, 1.54) is 11.8 Å². The number of amides is 1. The summed E-state index contributed by atoms with van der Waals surface area (Å²) in [6, 6.07) is 9.87. The summed E-state index contributed by atoms with van der Waals surface area (Å²) in [5.41, 5.74) is 1.78. The molecule has 3 N–H and O–H groups in total. The van der Waals surface area contributed by atoms with E-state index in [9.17, 15) is 29.7 Å². The predicted molar refractivity (Wildman–Crippen MR) is 110 cm³/mol. The van der Waals surface area contributed by atoms with Gasteiger partial charge in [0.1, 0.15) is 0 Å². The number of β-lactam (4-membered cyclic amide) rings is 1. The number of nitrogens with zero attached hydrogens (tertiary/aromatic N) is 1. The molecule has 0 aliphatic carbocycles. The van der Waals surface area contributed by atoms with Crippen LogP contribution in [0.3, 0.4) is 0 Å². The molecule has 3 heterocycles. The number of nitrogens with one attached hydrogen (secondary N) is 1. The Bertz CT molecular complexity index is 1380. The molecule has 3 atom stereocenters. The molecule has 0 unspecified atom stereocenters. The fraction of sp³-hybridized carbons (Fsp3) is 0.261. The van der Waals surface area contributed by atoms with Crippen molar-refractivity contribution in [1.82, 2.24) is 9.88 Å². The number of carbonyl (C=O) groups excluding carboxylic acids is 2. The van der Waals surface area contributed by atoms with Gasteiger partial charge in [-0.05, 0) is 53.6 Å². The minimum absolute atomic E-state index is 0. The first-order valence-electron chi connectivity index (χ1n) is 9.97. The van der Waals surface area contributed by atoms with Crippen LogP contribution in [-0.4, -0.2) is 44.1 Å². The maximum Gasteiger partial charge on any atom is 1.00 e. The smallest absolute Gasteiger partial charge is 0.543 e. The van der Waals surface area contributed by atoms with Gasteiger partial charge in [0.2, 0.25) is 5.91 Å². The number of rotatable bonds is 4. The van der Waals surface area contributed by atoms with Crippen molar-refractivity contribution in [2.75, 3.05) is 0 Å². The number of hydrogen-bond acceptors (Lipinski definition) is 6. The van der Waals surface area contributed by atoms with Crippen LogP contribution in [0.1, 0.15) is 24.5 Å². The number of H-pyrrole nitrogens is 1. The van der Waals surface area contributed by atoms with E-state index in [1.807, 2.05) is 0 Å². The number of fused-ring (bicyclic) bond motifs is 4. The Morgan fingerprint density at radius 3 is 2.56 bits per heavy atom. The molecule has 0 bridgehead atoms. The van der Waals surface area contributed by atoms with Gasteiger partial charge >= 0.3 is 51.4 Å². The normalized spacial score (nSPS) is 20.8. The number of benzene rings is 2. The molecule has 2 aromatic carbocycles. The third kappa shape index (κ3) is 3.40. The first-order chi connectivity index (χ1) is 14.8. The average molecular weight is 459 g/mol. The largest absolute Gasteiger partial charge is 1.00 e. The zero-order valence-electron chi connectivity index (χ0n) is 17.6. The molecule has 1 aromatic heterocycles. The van der Waals surface area contributed by atoms with Crippen LogP contribution in [0.4, 0.5) is 0 Å². The van der Waals surface area contributed by atoms with Crippen molar-refractivity contribution in [3.8, 4) is 0 Å². The number of pyridine rings is 1. The summed E-state index contributed by atoms with van der Waals surface area (Å²) in [7, 11) is 0. The van der Waals surface area contributed by atoms with Crippen LogP contribution in [0, 0.1) is 5.92 Å². The van der Waals surface area contributed by atoms with Gasteiger partial charge in [0.05, 0.1) is 36.3 Å². The van der Waals surface area contributed by atoms with E-state index in [2.05, 4.69) is 4.98 Å². The van der Waals surface area contributed by atoms with Gasteiger partial charge in [-0.1, -0.05) is 18.2 Å². The minimum atomic E-state index is -1.45. The second-order valence-corrected chi connectivity index (χ2v) is 8.11. The van der Waals surface area contributed by atoms with Crippen molar-refractivity contribution in [3.63, 3.8) is 0 Å². The fourth-order valence-corrected chi connectivity index (χ4v) is 4.89. The molecular formula is C23H19KN2O6. The molecule has 0 saturated carbocycles. The van der Waals surface area contributed by atoms with Crippen molar-refractivity contribution in [2.45, 2.75) is 32.1 Å². The van der Waals surface area contributed by atoms with Crippen LogP contribution >= 0.6 is 0 Å². The Kier molecular flexibility index (Phi) is 6.19. The van der Waals surface area contributed by atoms with E-state index in [0.29, 0.717) is 33.0 Å². The zero-order valence-corrected chi connectivity index (χ0v) is 20.7. The van der Waals surface area contributed by atoms with Crippen molar-refractivity contribution in [3.05, 3.63) is 63.6 Å². The number of aliphatic hydroxyl groups is 2. The molecule has 2 aliphatic heterocycles. The van der Waals surface area contributed by atoms with Gasteiger partial charge in [0.15, 0.2) is 0 Å². The van der Waals surface area contributed by atoms with Crippen LogP contribution in [0.15, 0.2) is 46.9 Å². The Hall–Kier alpha value is -1.85. The quantitative estimate of drug-likeness (QED) is 0.221. The Balaban J connectivity index is 0.00000245. The molecule has 158 valence electrons. The summed E-state index contributed by atoms with van der Waals surface area (Å²) in [5, 5.41) is 33.0. The summed E-state index contributed by atoms with van der Waals surface area (Å²) in [5.74, 6) is -2.51. The Morgan fingerprint density at radius 1 is 1.19 bits per heavy atom. The summed E-state index contributed by atoms with van der Waals surface area (Å²) < 4.78 is 0. The Morgan fingerprint density at radius 2 is 1.91 bits per heavy atom. The number of carbonyl (C=O) groups is 2. The summed E-state index contributed by atoms with van der Waals surface area (Å²) in [6.45, 7) is 1.36. The SMILES string of the molecule is C[C@@H](O)[C@H]1C(=O)N2C(C(=O)[O-])=C(c3ccc4c(=O)[nH]c5cc(CO)ccc5c4c3)C[C@H]12.[K+]. The fourth-order valence-electron chi connectivity index (χ4n) is 4.89. The molecule has 5 rings (SSSR count). The first-order valence-corrected chi connectivity index (χ1v) is 9.97.